The summed E-state index contributed by atoms with van der Waals surface area (Å²) in [7, 11) is 1.62. The minimum absolute atomic E-state index is 0.0381. The van der Waals surface area contributed by atoms with Gasteiger partial charge in [-0.2, -0.15) is 0 Å². The summed E-state index contributed by atoms with van der Waals surface area (Å²) in [5.41, 5.74) is 2.78. The number of carbonyl (C=O) groups excluding carboxylic acids is 2. The van der Waals surface area contributed by atoms with Crippen molar-refractivity contribution in [3.63, 3.8) is 0 Å². The van der Waals surface area contributed by atoms with Gasteiger partial charge in [-0.05, 0) is 55.0 Å². The zero-order valence-corrected chi connectivity index (χ0v) is 22.1. The lowest BCUT2D eigenvalue weighted by atomic mass is 10.2. The van der Waals surface area contributed by atoms with Gasteiger partial charge >= 0.3 is 6.03 Å². The predicted octanol–water partition coefficient (Wildman–Crippen LogP) is 5.55. The number of amides is 3. The van der Waals surface area contributed by atoms with Gasteiger partial charge in [0.05, 0.1) is 18.8 Å². The standard InChI is InChI=1S/C28H35N3O4S/c1-4-35-25-14-9-8-13-24(25)29-28(33)30(16-10-17-34-3)21-27(32)31(19-23-11-6-5-7-12-23)20-26-22(2)15-18-36-26/h5-9,11-15,18H,4,10,16-17,19-21H2,1-3H3,(H,29,33). The third-order valence-corrected chi connectivity index (χ3v) is 6.70. The van der Waals surface area contributed by atoms with Gasteiger partial charge in [-0.1, -0.05) is 42.5 Å². The highest BCUT2D eigenvalue weighted by Crippen LogP contribution is 2.24. The molecule has 0 fully saturated rings. The van der Waals surface area contributed by atoms with Gasteiger partial charge in [0.15, 0.2) is 0 Å². The Morgan fingerprint density at radius 2 is 1.72 bits per heavy atom. The molecular formula is C28H35N3O4S. The molecule has 3 amide bonds. The minimum Gasteiger partial charge on any atom is -0.492 e. The van der Waals surface area contributed by atoms with Crippen molar-refractivity contribution in [2.45, 2.75) is 33.4 Å². The summed E-state index contributed by atoms with van der Waals surface area (Å²) < 4.78 is 10.8. The summed E-state index contributed by atoms with van der Waals surface area (Å²) in [4.78, 5) is 31.4. The van der Waals surface area contributed by atoms with Crippen molar-refractivity contribution in [1.29, 1.82) is 0 Å². The van der Waals surface area contributed by atoms with Crippen LogP contribution >= 0.6 is 11.3 Å². The maximum atomic E-state index is 13.6. The molecule has 8 heteroatoms. The Morgan fingerprint density at radius 1 is 0.972 bits per heavy atom. The molecule has 0 saturated carbocycles. The Labute approximate surface area is 217 Å². The summed E-state index contributed by atoms with van der Waals surface area (Å²) in [6, 6.07) is 18.9. The number of para-hydroxylation sites is 2. The molecule has 3 rings (SSSR count). The molecular weight excluding hydrogens is 474 g/mol. The number of methoxy groups -OCH3 is 1. The molecule has 3 aromatic rings. The fourth-order valence-corrected chi connectivity index (χ4v) is 4.66. The van der Waals surface area contributed by atoms with E-state index in [1.54, 1.807) is 29.4 Å². The number of benzene rings is 2. The van der Waals surface area contributed by atoms with Gasteiger partial charge in [0.1, 0.15) is 12.3 Å². The number of anilines is 1. The monoisotopic (exact) mass is 509 g/mol. The lowest BCUT2D eigenvalue weighted by Gasteiger charge is -2.28. The van der Waals surface area contributed by atoms with E-state index >= 15 is 0 Å². The molecule has 0 spiro atoms. The SMILES string of the molecule is CCOc1ccccc1NC(=O)N(CCCOC)CC(=O)N(Cc1ccccc1)Cc1sccc1C. The van der Waals surface area contributed by atoms with Gasteiger partial charge in [0, 0.05) is 31.7 Å². The largest absolute Gasteiger partial charge is 0.492 e. The molecule has 0 atom stereocenters. The van der Waals surface area contributed by atoms with E-state index < -0.39 is 0 Å². The minimum atomic E-state index is -0.349. The fourth-order valence-electron chi connectivity index (χ4n) is 3.74. The smallest absolute Gasteiger partial charge is 0.322 e. The molecule has 1 heterocycles. The fraction of sp³-hybridized carbons (Fsp3) is 0.357. The van der Waals surface area contributed by atoms with Crippen LogP contribution in [-0.2, 0) is 22.6 Å². The van der Waals surface area contributed by atoms with Crippen molar-refractivity contribution in [3.05, 3.63) is 82.0 Å². The van der Waals surface area contributed by atoms with E-state index in [1.165, 1.54) is 0 Å². The second-order valence-electron chi connectivity index (χ2n) is 8.39. The van der Waals surface area contributed by atoms with Crippen molar-refractivity contribution < 1.29 is 19.1 Å². The first-order chi connectivity index (χ1) is 17.5. The van der Waals surface area contributed by atoms with Crippen LogP contribution in [0.2, 0.25) is 0 Å². The molecule has 1 N–H and O–H groups in total. The molecule has 0 bridgehead atoms. The first-order valence-corrected chi connectivity index (χ1v) is 13.0. The number of hydrogen-bond donors (Lipinski definition) is 1. The average molecular weight is 510 g/mol. The van der Waals surface area contributed by atoms with Crippen molar-refractivity contribution in [1.82, 2.24) is 9.80 Å². The van der Waals surface area contributed by atoms with Crippen molar-refractivity contribution in [2.24, 2.45) is 0 Å². The lowest BCUT2D eigenvalue weighted by molar-refractivity contribution is -0.133. The first-order valence-electron chi connectivity index (χ1n) is 12.1. The van der Waals surface area contributed by atoms with E-state index in [0.717, 1.165) is 16.0 Å². The van der Waals surface area contributed by atoms with E-state index in [1.807, 2.05) is 65.7 Å². The average Bonchev–Trinajstić information content (AvgIpc) is 3.29. The maximum absolute atomic E-state index is 13.6. The topological polar surface area (TPSA) is 71.1 Å². The second-order valence-corrected chi connectivity index (χ2v) is 9.39. The molecule has 0 aliphatic heterocycles. The number of nitrogens with zero attached hydrogens (tertiary/aromatic N) is 2. The number of carbonyl (C=O) groups is 2. The normalized spacial score (nSPS) is 10.6. The summed E-state index contributed by atoms with van der Waals surface area (Å²) in [6.45, 7) is 6.25. The lowest BCUT2D eigenvalue weighted by Crippen LogP contribution is -2.44. The number of urea groups is 1. The zero-order valence-electron chi connectivity index (χ0n) is 21.2. The maximum Gasteiger partial charge on any atom is 0.322 e. The van der Waals surface area contributed by atoms with E-state index in [-0.39, 0.29) is 18.5 Å². The molecule has 0 radical (unpaired) electrons. The van der Waals surface area contributed by atoms with Crippen LogP contribution in [0.25, 0.3) is 0 Å². The number of thiophene rings is 1. The summed E-state index contributed by atoms with van der Waals surface area (Å²) in [6.07, 6.45) is 0.618. The van der Waals surface area contributed by atoms with Gasteiger partial charge in [0.25, 0.3) is 0 Å². The molecule has 192 valence electrons. The number of hydrogen-bond acceptors (Lipinski definition) is 5. The molecule has 36 heavy (non-hydrogen) atoms. The molecule has 1 aromatic heterocycles. The Kier molecular flexibility index (Phi) is 10.8. The number of nitrogens with one attached hydrogen (secondary N) is 1. The third-order valence-electron chi connectivity index (χ3n) is 5.69. The van der Waals surface area contributed by atoms with Gasteiger partial charge in [-0.15, -0.1) is 11.3 Å². The molecule has 0 unspecified atom stereocenters. The van der Waals surface area contributed by atoms with E-state index in [0.29, 0.717) is 50.7 Å². The van der Waals surface area contributed by atoms with E-state index in [9.17, 15) is 9.59 Å². The molecule has 7 nitrogen and oxygen atoms in total. The molecule has 2 aromatic carbocycles. The number of aryl methyl sites for hydroxylation is 1. The zero-order chi connectivity index (χ0) is 25.8. The van der Waals surface area contributed by atoms with E-state index in [2.05, 4.69) is 18.3 Å². The van der Waals surface area contributed by atoms with Crippen LogP contribution in [0, 0.1) is 6.92 Å². The van der Waals surface area contributed by atoms with Crippen LogP contribution in [0.5, 0.6) is 5.75 Å². The van der Waals surface area contributed by atoms with Gasteiger partial charge in [-0.25, -0.2) is 4.79 Å². The highest BCUT2D eigenvalue weighted by molar-refractivity contribution is 7.10. The van der Waals surface area contributed by atoms with Crippen LogP contribution in [0.3, 0.4) is 0 Å². The Hall–Kier alpha value is -3.36. The number of rotatable bonds is 13. The first kappa shape index (κ1) is 27.2. The summed E-state index contributed by atoms with van der Waals surface area (Å²) in [5.74, 6) is 0.479. The van der Waals surface area contributed by atoms with Crippen molar-refractivity contribution >= 4 is 29.0 Å². The van der Waals surface area contributed by atoms with Crippen LogP contribution in [0.4, 0.5) is 10.5 Å². The highest BCUT2D eigenvalue weighted by atomic mass is 32.1. The van der Waals surface area contributed by atoms with Gasteiger partial charge in [0.2, 0.25) is 5.91 Å². The Balaban J connectivity index is 1.78. The second kappa shape index (κ2) is 14.3. The third kappa shape index (κ3) is 8.10. The van der Waals surface area contributed by atoms with E-state index in [4.69, 9.17) is 9.47 Å². The van der Waals surface area contributed by atoms with Crippen LogP contribution < -0.4 is 10.1 Å². The van der Waals surface area contributed by atoms with Crippen LogP contribution in [-0.4, -0.2) is 55.2 Å². The van der Waals surface area contributed by atoms with Gasteiger partial charge in [-0.3, -0.25) is 4.79 Å². The van der Waals surface area contributed by atoms with Crippen molar-refractivity contribution in [2.75, 3.05) is 38.7 Å². The number of ether oxygens (including phenoxy) is 2. The summed E-state index contributed by atoms with van der Waals surface area (Å²) in [5, 5.41) is 4.96. The molecule has 0 aliphatic carbocycles. The Morgan fingerprint density at radius 3 is 2.42 bits per heavy atom. The predicted molar refractivity (Wildman–Crippen MR) is 144 cm³/mol. The highest BCUT2D eigenvalue weighted by Gasteiger charge is 2.23. The van der Waals surface area contributed by atoms with Crippen LogP contribution in [0.1, 0.15) is 29.3 Å². The molecule has 0 saturated heterocycles. The van der Waals surface area contributed by atoms with Gasteiger partial charge < -0.3 is 24.6 Å². The summed E-state index contributed by atoms with van der Waals surface area (Å²) >= 11 is 1.64. The quantitative estimate of drug-likeness (QED) is 0.307. The van der Waals surface area contributed by atoms with Crippen LogP contribution in [0.15, 0.2) is 66.0 Å². The molecule has 0 aliphatic rings. The van der Waals surface area contributed by atoms with Crippen molar-refractivity contribution in [3.8, 4) is 5.75 Å². The Bertz CT molecular complexity index is 1100.